The van der Waals surface area contributed by atoms with Gasteiger partial charge in [-0.05, 0) is 49.9 Å². The van der Waals surface area contributed by atoms with Gasteiger partial charge in [0.2, 0.25) is 11.8 Å². The summed E-state index contributed by atoms with van der Waals surface area (Å²) in [6, 6.07) is 7.26. The average Bonchev–Trinajstić information content (AvgIpc) is 2.63. The molecule has 1 aromatic rings. The van der Waals surface area contributed by atoms with E-state index >= 15 is 0 Å². The van der Waals surface area contributed by atoms with Crippen LogP contribution < -0.4 is 10.1 Å². The van der Waals surface area contributed by atoms with Crippen molar-refractivity contribution in [3.63, 3.8) is 0 Å². The molecule has 1 unspecified atom stereocenters. The molecule has 5 nitrogen and oxygen atoms in total. The maximum atomic E-state index is 12.3. The number of ether oxygens (including phenoxy) is 1. The Morgan fingerprint density at radius 2 is 1.81 bits per heavy atom. The number of hydrogen-bond acceptors (Lipinski definition) is 3. The maximum Gasteiger partial charge on any atom is 0.225 e. The van der Waals surface area contributed by atoms with Crippen LogP contribution >= 0.6 is 11.6 Å². The monoisotopic (exact) mass is 380 g/mol. The van der Waals surface area contributed by atoms with Crippen molar-refractivity contribution in [3.8, 4) is 5.75 Å². The highest BCUT2D eigenvalue weighted by Gasteiger charge is 2.28. The van der Waals surface area contributed by atoms with Gasteiger partial charge in [-0.15, -0.1) is 0 Å². The Morgan fingerprint density at radius 1 is 1.19 bits per heavy atom. The topological polar surface area (TPSA) is 58.6 Å². The Labute approximate surface area is 161 Å². The molecule has 1 aliphatic rings. The van der Waals surface area contributed by atoms with Crippen LogP contribution in [0.5, 0.6) is 5.75 Å². The summed E-state index contributed by atoms with van der Waals surface area (Å²) in [6.45, 7) is 7.83. The first-order valence-electron chi connectivity index (χ1n) is 9.33. The Kier molecular flexibility index (Phi) is 7.76. The number of rotatable bonds is 7. The fraction of sp³-hybridized carbons (Fsp3) is 0.600. The number of likely N-dealkylation sites (tertiary alicyclic amines) is 1. The first-order chi connectivity index (χ1) is 12.4. The SMILES string of the molecule is CC(C)C(C)NC(=O)C1CCN(C(=O)CCOc2ccc(Cl)cc2)CC1. The van der Waals surface area contributed by atoms with E-state index in [0.717, 1.165) is 12.8 Å². The van der Waals surface area contributed by atoms with Crippen molar-refractivity contribution in [1.29, 1.82) is 0 Å². The maximum absolute atomic E-state index is 12.3. The molecule has 6 heteroatoms. The standard InChI is InChI=1S/C20H29ClN2O3/c1-14(2)15(3)22-20(25)16-8-11-23(12-9-16)19(24)10-13-26-18-6-4-17(21)5-7-18/h4-7,14-16H,8-13H2,1-3H3,(H,22,25). The van der Waals surface area contributed by atoms with Crippen LogP contribution in [0.4, 0.5) is 0 Å². The zero-order chi connectivity index (χ0) is 19.1. The highest BCUT2D eigenvalue weighted by Crippen LogP contribution is 2.19. The predicted molar refractivity (Wildman–Crippen MR) is 103 cm³/mol. The summed E-state index contributed by atoms with van der Waals surface area (Å²) in [6.07, 6.45) is 1.78. The lowest BCUT2D eigenvalue weighted by Crippen LogP contribution is -2.46. The summed E-state index contributed by atoms with van der Waals surface area (Å²) in [5.41, 5.74) is 0. The number of carbonyl (C=O) groups is 2. The second-order valence-electron chi connectivity index (χ2n) is 7.25. The van der Waals surface area contributed by atoms with Crippen LogP contribution in [0.2, 0.25) is 5.02 Å². The van der Waals surface area contributed by atoms with Gasteiger partial charge < -0.3 is 15.0 Å². The molecule has 1 saturated heterocycles. The third kappa shape index (κ3) is 6.20. The van der Waals surface area contributed by atoms with Gasteiger partial charge in [-0.3, -0.25) is 9.59 Å². The molecule has 0 radical (unpaired) electrons. The number of carbonyl (C=O) groups excluding carboxylic acids is 2. The van der Waals surface area contributed by atoms with E-state index in [1.54, 1.807) is 24.3 Å². The fourth-order valence-corrected chi connectivity index (χ4v) is 2.97. The van der Waals surface area contributed by atoms with Crippen molar-refractivity contribution >= 4 is 23.4 Å². The van der Waals surface area contributed by atoms with E-state index in [1.165, 1.54) is 0 Å². The van der Waals surface area contributed by atoms with Crippen molar-refractivity contribution in [1.82, 2.24) is 10.2 Å². The molecule has 0 aromatic heterocycles. The van der Waals surface area contributed by atoms with Gasteiger partial charge in [0.05, 0.1) is 13.0 Å². The third-order valence-electron chi connectivity index (χ3n) is 4.99. The van der Waals surface area contributed by atoms with Gasteiger partial charge in [-0.1, -0.05) is 25.4 Å². The first-order valence-corrected chi connectivity index (χ1v) is 9.71. The van der Waals surface area contributed by atoms with Crippen LogP contribution in [0.1, 0.15) is 40.0 Å². The number of hydrogen-bond donors (Lipinski definition) is 1. The molecule has 1 aliphatic heterocycles. The summed E-state index contributed by atoms with van der Waals surface area (Å²) >= 11 is 5.83. The molecule has 0 spiro atoms. The fourth-order valence-electron chi connectivity index (χ4n) is 2.85. The Balaban J connectivity index is 1.69. The van der Waals surface area contributed by atoms with Gasteiger partial charge in [0, 0.05) is 30.1 Å². The minimum absolute atomic E-state index is 0.00515. The van der Waals surface area contributed by atoms with Gasteiger partial charge >= 0.3 is 0 Å². The van der Waals surface area contributed by atoms with Gasteiger partial charge in [-0.25, -0.2) is 0 Å². The van der Waals surface area contributed by atoms with Crippen LogP contribution in [0.15, 0.2) is 24.3 Å². The van der Waals surface area contributed by atoms with Crippen LogP contribution in [0, 0.1) is 11.8 Å². The van der Waals surface area contributed by atoms with Gasteiger partial charge in [0.15, 0.2) is 0 Å². The lowest BCUT2D eigenvalue weighted by molar-refractivity contribution is -0.136. The molecule has 0 bridgehead atoms. The zero-order valence-electron chi connectivity index (χ0n) is 15.8. The largest absolute Gasteiger partial charge is 0.493 e. The second-order valence-corrected chi connectivity index (χ2v) is 7.69. The predicted octanol–water partition coefficient (Wildman–Crippen LogP) is 3.51. The lowest BCUT2D eigenvalue weighted by atomic mass is 9.94. The van der Waals surface area contributed by atoms with Crippen molar-refractivity contribution < 1.29 is 14.3 Å². The van der Waals surface area contributed by atoms with Crippen molar-refractivity contribution in [2.75, 3.05) is 19.7 Å². The Hall–Kier alpha value is -1.75. The highest BCUT2D eigenvalue weighted by atomic mass is 35.5. The second kappa shape index (κ2) is 9.81. The van der Waals surface area contributed by atoms with E-state index in [9.17, 15) is 9.59 Å². The summed E-state index contributed by atoms with van der Waals surface area (Å²) in [5.74, 6) is 1.32. The van der Waals surface area contributed by atoms with Crippen LogP contribution in [-0.4, -0.2) is 42.5 Å². The number of amides is 2. The number of benzene rings is 1. The molecule has 144 valence electrons. The van der Waals surface area contributed by atoms with E-state index in [1.807, 2.05) is 11.8 Å². The van der Waals surface area contributed by atoms with Crippen molar-refractivity contribution in [2.45, 2.75) is 46.1 Å². The number of nitrogens with zero attached hydrogens (tertiary/aromatic N) is 1. The molecule has 0 saturated carbocycles. The van der Waals surface area contributed by atoms with Crippen molar-refractivity contribution in [3.05, 3.63) is 29.3 Å². The van der Waals surface area contributed by atoms with Gasteiger partial charge in [0.1, 0.15) is 5.75 Å². The van der Waals surface area contributed by atoms with Gasteiger partial charge in [0.25, 0.3) is 0 Å². The van der Waals surface area contributed by atoms with Gasteiger partial charge in [-0.2, -0.15) is 0 Å². The first kappa shape index (κ1) is 20.6. The molecular formula is C20H29ClN2O3. The summed E-state index contributed by atoms with van der Waals surface area (Å²) in [5, 5.41) is 3.73. The molecule has 1 N–H and O–H groups in total. The summed E-state index contributed by atoms with van der Waals surface area (Å²) in [4.78, 5) is 26.4. The number of piperidine rings is 1. The lowest BCUT2D eigenvalue weighted by Gasteiger charge is -2.32. The normalized spacial score (nSPS) is 16.4. The Bertz CT molecular complexity index is 596. The van der Waals surface area contributed by atoms with E-state index in [2.05, 4.69) is 19.2 Å². The molecular weight excluding hydrogens is 352 g/mol. The van der Waals surface area contributed by atoms with E-state index in [4.69, 9.17) is 16.3 Å². The Morgan fingerprint density at radius 3 is 2.38 bits per heavy atom. The highest BCUT2D eigenvalue weighted by molar-refractivity contribution is 6.30. The zero-order valence-corrected chi connectivity index (χ0v) is 16.6. The molecule has 2 rings (SSSR count). The molecule has 2 amide bonds. The minimum Gasteiger partial charge on any atom is -0.493 e. The van der Waals surface area contributed by atoms with E-state index < -0.39 is 0 Å². The summed E-state index contributed by atoms with van der Waals surface area (Å²) < 4.78 is 5.58. The van der Waals surface area contributed by atoms with Crippen LogP contribution in [0.25, 0.3) is 0 Å². The quantitative estimate of drug-likeness (QED) is 0.787. The van der Waals surface area contributed by atoms with Crippen LogP contribution in [0.3, 0.4) is 0 Å². The average molecular weight is 381 g/mol. The number of halogens is 1. The molecule has 26 heavy (non-hydrogen) atoms. The molecule has 1 aromatic carbocycles. The third-order valence-corrected chi connectivity index (χ3v) is 5.24. The minimum atomic E-state index is 0.00515. The molecule has 1 fully saturated rings. The van der Waals surface area contributed by atoms with E-state index in [-0.39, 0.29) is 23.8 Å². The molecule has 1 atom stereocenters. The molecule has 0 aliphatic carbocycles. The van der Waals surface area contributed by atoms with Crippen LogP contribution in [-0.2, 0) is 9.59 Å². The van der Waals surface area contributed by atoms with Crippen molar-refractivity contribution in [2.24, 2.45) is 11.8 Å². The molecule has 1 heterocycles. The smallest absolute Gasteiger partial charge is 0.225 e. The number of nitrogens with one attached hydrogen (secondary N) is 1. The summed E-state index contributed by atoms with van der Waals surface area (Å²) in [7, 11) is 0. The van der Waals surface area contributed by atoms with E-state index in [0.29, 0.717) is 42.8 Å².